The molecule has 1 aromatic carbocycles. The highest BCUT2D eigenvalue weighted by Crippen LogP contribution is 2.26. The third-order valence-corrected chi connectivity index (χ3v) is 2.94. The maximum atomic E-state index is 6.14. The van der Waals surface area contributed by atoms with Crippen LogP contribution in [-0.2, 0) is 0 Å². The zero-order chi connectivity index (χ0) is 11.8. The van der Waals surface area contributed by atoms with Gasteiger partial charge in [0, 0.05) is 11.3 Å². The van der Waals surface area contributed by atoms with E-state index in [-0.39, 0.29) is 0 Å². The lowest BCUT2D eigenvalue weighted by Gasteiger charge is -1.98. The van der Waals surface area contributed by atoms with Crippen molar-refractivity contribution in [3.05, 3.63) is 47.1 Å². The minimum atomic E-state index is 0.684. The summed E-state index contributed by atoms with van der Waals surface area (Å²) in [6.07, 6.45) is 0. The maximum absolute atomic E-state index is 6.14. The summed E-state index contributed by atoms with van der Waals surface area (Å²) < 4.78 is 0. The number of imidazole rings is 1. The van der Waals surface area contributed by atoms with Crippen LogP contribution in [0.2, 0.25) is 5.02 Å². The highest BCUT2D eigenvalue weighted by molar-refractivity contribution is 6.33. The first-order chi connectivity index (χ1) is 8.24. The smallest absolute Gasteiger partial charge is 0.178 e. The van der Waals surface area contributed by atoms with E-state index in [0.717, 1.165) is 28.2 Å². The Bertz CT molecular complexity index is 688. The van der Waals surface area contributed by atoms with E-state index in [1.54, 1.807) is 0 Å². The van der Waals surface area contributed by atoms with E-state index in [2.05, 4.69) is 15.0 Å². The van der Waals surface area contributed by atoms with E-state index in [0.29, 0.717) is 5.02 Å². The molecule has 0 saturated carbocycles. The van der Waals surface area contributed by atoms with Crippen molar-refractivity contribution in [2.75, 3.05) is 0 Å². The van der Waals surface area contributed by atoms with Crippen LogP contribution in [0.15, 0.2) is 36.4 Å². The van der Waals surface area contributed by atoms with Crippen molar-refractivity contribution < 1.29 is 0 Å². The molecule has 3 nitrogen and oxygen atoms in total. The molecule has 0 aliphatic carbocycles. The van der Waals surface area contributed by atoms with Crippen LogP contribution in [0.4, 0.5) is 0 Å². The standard InChI is InChI=1S/C13H10ClN3/c1-8-6-7-11-13(15-8)17-12(16-11)9-4-2-3-5-10(9)14/h2-7H,1H3,(H,15,16,17). The van der Waals surface area contributed by atoms with Gasteiger partial charge in [-0.3, -0.25) is 0 Å². The second-order valence-electron chi connectivity index (χ2n) is 3.89. The molecule has 0 amide bonds. The van der Waals surface area contributed by atoms with Crippen molar-refractivity contribution in [3.63, 3.8) is 0 Å². The number of nitrogens with zero attached hydrogens (tertiary/aromatic N) is 2. The van der Waals surface area contributed by atoms with Gasteiger partial charge in [-0.1, -0.05) is 23.7 Å². The molecule has 0 aliphatic rings. The van der Waals surface area contributed by atoms with Crippen molar-refractivity contribution in [2.24, 2.45) is 0 Å². The van der Waals surface area contributed by atoms with E-state index in [1.807, 2.05) is 43.3 Å². The van der Waals surface area contributed by atoms with Crippen molar-refractivity contribution in [1.29, 1.82) is 0 Å². The fourth-order valence-corrected chi connectivity index (χ4v) is 1.99. The van der Waals surface area contributed by atoms with Gasteiger partial charge in [-0.25, -0.2) is 9.97 Å². The van der Waals surface area contributed by atoms with Gasteiger partial charge in [-0.05, 0) is 31.2 Å². The molecule has 3 rings (SSSR count). The number of hydrogen-bond acceptors (Lipinski definition) is 2. The fourth-order valence-electron chi connectivity index (χ4n) is 1.77. The summed E-state index contributed by atoms with van der Waals surface area (Å²) in [7, 11) is 0. The Hall–Kier alpha value is -1.87. The van der Waals surface area contributed by atoms with Gasteiger partial charge in [0.05, 0.1) is 10.5 Å². The third-order valence-electron chi connectivity index (χ3n) is 2.61. The largest absolute Gasteiger partial charge is 0.337 e. The van der Waals surface area contributed by atoms with E-state index < -0.39 is 0 Å². The van der Waals surface area contributed by atoms with E-state index in [9.17, 15) is 0 Å². The molecule has 0 unspecified atom stereocenters. The Labute approximate surface area is 103 Å². The quantitative estimate of drug-likeness (QED) is 0.710. The summed E-state index contributed by atoms with van der Waals surface area (Å²) in [5, 5.41) is 0.684. The van der Waals surface area contributed by atoms with Gasteiger partial charge in [0.1, 0.15) is 5.82 Å². The van der Waals surface area contributed by atoms with Gasteiger partial charge in [0.25, 0.3) is 0 Å². The third kappa shape index (κ3) is 1.78. The van der Waals surface area contributed by atoms with Crippen molar-refractivity contribution >= 4 is 22.8 Å². The van der Waals surface area contributed by atoms with Crippen LogP contribution < -0.4 is 0 Å². The van der Waals surface area contributed by atoms with Crippen LogP contribution in [0.1, 0.15) is 5.69 Å². The first kappa shape index (κ1) is 10.3. The lowest BCUT2D eigenvalue weighted by atomic mass is 10.2. The number of aromatic nitrogens is 3. The zero-order valence-electron chi connectivity index (χ0n) is 9.24. The zero-order valence-corrected chi connectivity index (χ0v) is 9.99. The molecule has 84 valence electrons. The van der Waals surface area contributed by atoms with Crippen LogP contribution >= 0.6 is 11.6 Å². The number of benzene rings is 1. The minimum absolute atomic E-state index is 0.684. The molecule has 1 N–H and O–H groups in total. The summed E-state index contributed by atoms with van der Waals surface area (Å²) >= 11 is 6.14. The summed E-state index contributed by atoms with van der Waals surface area (Å²) in [6, 6.07) is 11.6. The van der Waals surface area contributed by atoms with Crippen molar-refractivity contribution in [3.8, 4) is 11.4 Å². The summed E-state index contributed by atoms with van der Waals surface area (Å²) in [5.74, 6) is 0.753. The Morgan fingerprint density at radius 1 is 1.06 bits per heavy atom. The van der Waals surface area contributed by atoms with Crippen LogP contribution in [0, 0.1) is 6.92 Å². The second kappa shape index (κ2) is 3.86. The number of fused-ring (bicyclic) bond motifs is 1. The molecule has 0 fully saturated rings. The number of nitrogens with one attached hydrogen (secondary N) is 1. The average Bonchev–Trinajstić information content (AvgIpc) is 2.72. The predicted molar refractivity (Wildman–Crippen MR) is 69.1 cm³/mol. The second-order valence-corrected chi connectivity index (χ2v) is 4.30. The van der Waals surface area contributed by atoms with Crippen LogP contribution in [-0.4, -0.2) is 15.0 Å². The SMILES string of the molecule is Cc1ccc2[nH]c(-c3ccccc3Cl)nc2n1. The minimum Gasteiger partial charge on any atom is -0.337 e. The molecule has 0 spiro atoms. The number of H-pyrrole nitrogens is 1. The molecule has 3 aromatic rings. The van der Waals surface area contributed by atoms with Gasteiger partial charge in [0.2, 0.25) is 0 Å². The molecule has 0 radical (unpaired) electrons. The number of aromatic amines is 1. The average molecular weight is 244 g/mol. The number of halogens is 1. The van der Waals surface area contributed by atoms with Gasteiger partial charge >= 0.3 is 0 Å². The van der Waals surface area contributed by atoms with E-state index >= 15 is 0 Å². The van der Waals surface area contributed by atoms with Gasteiger partial charge in [-0.2, -0.15) is 0 Å². The Morgan fingerprint density at radius 3 is 2.71 bits per heavy atom. The summed E-state index contributed by atoms with van der Waals surface area (Å²) in [6.45, 7) is 1.95. The monoisotopic (exact) mass is 243 g/mol. The van der Waals surface area contributed by atoms with Gasteiger partial charge in [0.15, 0.2) is 5.65 Å². The predicted octanol–water partition coefficient (Wildman–Crippen LogP) is 3.59. The Balaban J connectivity index is 2.22. The molecule has 2 aromatic heterocycles. The molecule has 0 aliphatic heterocycles. The molecule has 0 atom stereocenters. The molecule has 0 saturated heterocycles. The molecule has 2 heterocycles. The maximum Gasteiger partial charge on any atom is 0.178 e. The molecule has 0 bridgehead atoms. The number of pyridine rings is 1. The fraction of sp³-hybridized carbons (Fsp3) is 0.0769. The van der Waals surface area contributed by atoms with Crippen LogP contribution in [0.5, 0.6) is 0 Å². The topological polar surface area (TPSA) is 41.6 Å². The van der Waals surface area contributed by atoms with E-state index in [4.69, 9.17) is 11.6 Å². The first-order valence-corrected chi connectivity index (χ1v) is 5.70. The van der Waals surface area contributed by atoms with Gasteiger partial charge < -0.3 is 4.98 Å². The number of aryl methyl sites for hydroxylation is 1. The lowest BCUT2D eigenvalue weighted by molar-refractivity contribution is 1.22. The summed E-state index contributed by atoms with van der Waals surface area (Å²) in [4.78, 5) is 12.0. The van der Waals surface area contributed by atoms with Crippen LogP contribution in [0.3, 0.4) is 0 Å². The molecular formula is C13H10ClN3. The molecule has 4 heteroatoms. The number of rotatable bonds is 1. The van der Waals surface area contributed by atoms with Crippen molar-refractivity contribution in [1.82, 2.24) is 15.0 Å². The molecular weight excluding hydrogens is 234 g/mol. The molecule has 17 heavy (non-hydrogen) atoms. The first-order valence-electron chi connectivity index (χ1n) is 5.32. The highest BCUT2D eigenvalue weighted by Gasteiger charge is 2.08. The van der Waals surface area contributed by atoms with Crippen molar-refractivity contribution in [2.45, 2.75) is 6.92 Å². The highest BCUT2D eigenvalue weighted by atomic mass is 35.5. The summed E-state index contributed by atoms with van der Waals surface area (Å²) in [5.41, 5.74) is 3.49. The Kier molecular flexibility index (Phi) is 2.34. The number of hydrogen-bond donors (Lipinski definition) is 1. The van der Waals surface area contributed by atoms with Crippen LogP contribution in [0.25, 0.3) is 22.6 Å². The lowest BCUT2D eigenvalue weighted by Crippen LogP contribution is -1.81. The Morgan fingerprint density at radius 2 is 1.88 bits per heavy atom. The van der Waals surface area contributed by atoms with E-state index in [1.165, 1.54) is 0 Å². The van der Waals surface area contributed by atoms with Gasteiger partial charge in [-0.15, -0.1) is 0 Å². The normalized spacial score (nSPS) is 10.9.